The van der Waals surface area contributed by atoms with E-state index in [1.165, 1.54) is 0 Å². The van der Waals surface area contributed by atoms with Crippen LogP contribution in [0.1, 0.15) is 12.8 Å². The number of hydrogen-bond donors (Lipinski definition) is 0. The molecular formula is C24H23N5O2. The Labute approximate surface area is 180 Å². The normalized spacial score (nSPS) is 16.0. The molecule has 7 heteroatoms. The number of rotatable bonds is 5. The first-order valence-corrected chi connectivity index (χ1v) is 10.4. The van der Waals surface area contributed by atoms with Gasteiger partial charge in [-0.2, -0.15) is 5.10 Å². The van der Waals surface area contributed by atoms with E-state index in [9.17, 15) is 4.79 Å². The van der Waals surface area contributed by atoms with Crippen molar-refractivity contribution in [3.05, 3.63) is 77.5 Å². The quantitative estimate of drug-likeness (QED) is 0.498. The molecule has 0 aliphatic carbocycles. The monoisotopic (exact) mass is 413 g/mol. The number of aromatic nitrogens is 4. The fraction of sp³-hybridized carbons (Fsp3) is 0.250. The van der Waals surface area contributed by atoms with Crippen molar-refractivity contribution in [3.8, 4) is 17.0 Å². The van der Waals surface area contributed by atoms with Crippen molar-refractivity contribution in [2.45, 2.75) is 25.4 Å². The van der Waals surface area contributed by atoms with Crippen LogP contribution in [0, 0.1) is 0 Å². The molecule has 1 atom stereocenters. The molecule has 0 N–H and O–H groups in total. The first-order chi connectivity index (χ1) is 15.2. The molecule has 5 rings (SSSR count). The summed E-state index contributed by atoms with van der Waals surface area (Å²) in [6.45, 7) is 1.46. The van der Waals surface area contributed by atoms with Gasteiger partial charge in [-0.05, 0) is 55.3 Å². The fourth-order valence-electron chi connectivity index (χ4n) is 4.29. The minimum Gasteiger partial charge on any atom is -0.497 e. The third-order valence-electron chi connectivity index (χ3n) is 5.84. The van der Waals surface area contributed by atoms with Crippen molar-refractivity contribution in [1.82, 2.24) is 19.7 Å². The smallest absolute Gasteiger partial charge is 0.266 e. The molecule has 0 spiro atoms. The van der Waals surface area contributed by atoms with E-state index in [2.05, 4.69) is 20.0 Å². The van der Waals surface area contributed by atoms with E-state index in [0.29, 0.717) is 6.54 Å². The highest BCUT2D eigenvalue weighted by Crippen LogP contribution is 2.33. The summed E-state index contributed by atoms with van der Waals surface area (Å²) in [6.07, 6.45) is 7.37. The molecule has 1 aromatic carbocycles. The number of benzene rings is 1. The average Bonchev–Trinajstić information content (AvgIpc) is 3.28. The molecule has 0 saturated carbocycles. The maximum absolute atomic E-state index is 12.6. The molecular weight excluding hydrogens is 390 g/mol. The van der Waals surface area contributed by atoms with Crippen LogP contribution in [0.5, 0.6) is 5.75 Å². The summed E-state index contributed by atoms with van der Waals surface area (Å²) < 4.78 is 7.01. The third kappa shape index (κ3) is 3.74. The summed E-state index contributed by atoms with van der Waals surface area (Å²) >= 11 is 0. The van der Waals surface area contributed by atoms with Crippen molar-refractivity contribution in [2.24, 2.45) is 0 Å². The van der Waals surface area contributed by atoms with Crippen LogP contribution in [-0.4, -0.2) is 39.4 Å². The van der Waals surface area contributed by atoms with E-state index in [4.69, 9.17) is 4.74 Å². The fourth-order valence-corrected chi connectivity index (χ4v) is 4.29. The Bertz CT molecular complexity index is 1270. The molecule has 1 aliphatic rings. The lowest BCUT2D eigenvalue weighted by Crippen LogP contribution is -2.37. The van der Waals surface area contributed by atoms with E-state index in [0.717, 1.165) is 53.0 Å². The zero-order valence-electron chi connectivity index (χ0n) is 17.3. The van der Waals surface area contributed by atoms with Crippen molar-refractivity contribution in [3.63, 3.8) is 0 Å². The number of ether oxygens (including phenoxy) is 1. The Hall–Kier alpha value is -3.74. The summed E-state index contributed by atoms with van der Waals surface area (Å²) in [7, 11) is 1.67. The molecule has 1 saturated heterocycles. The Balaban J connectivity index is 1.49. The van der Waals surface area contributed by atoms with Crippen molar-refractivity contribution in [2.75, 3.05) is 18.6 Å². The maximum Gasteiger partial charge on any atom is 0.266 e. The minimum absolute atomic E-state index is 0.0917. The van der Waals surface area contributed by atoms with Gasteiger partial charge in [-0.15, -0.1) is 0 Å². The van der Waals surface area contributed by atoms with E-state index >= 15 is 0 Å². The SMILES string of the molecule is COc1ccc2nccc(N3CCCC3Cn3nc(-c4ccncc4)ccc3=O)c2c1. The second-order valence-corrected chi connectivity index (χ2v) is 7.68. The van der Waals surface area contributed by atoms with E-state index < -0.39 is 0 Å². The van der Waals surface area contributed by atoms with Crippen LogP contribution in [0.15, 0.2) is 71.9 Å². The first-order valence-electron chi connectivity index (χ1n) is 10.4. The van der Waals surface area contributed by atoms with Gasteiger partial charge >= 0.3 is 0 Å². The minimum atomic E-state index is -0.0917. The number of anilines is 1. The molecule has 3 aromatic heterocycles. The number of hydrogen-bond acceptors (Lipinski definition) is 6. The highest BCUT2D eigenvalue weighted by Gasteiger charge is 2.27. The van der Waals surface area contributed by atoms with Crippen LogP contribution in [0.25, 0.3) is 22.2 Å². The van der Waals surface area contributed by atoms with Gasteiger partial charge in [-0.3, -0.25) is 14.8 Å². The summed E-state index contributed by atoms with van der Waals surface area (Å²) in [6, 6.07) is 15.3. The van der Waals surface area contributed by atoms with Gasteiger partial charge in [0.25, 0.3) is 5.56 Å². The molecule has 0 amide bonds. The van der Waals surface area contributed by atoms with Gasteiger partial charge in [0, 0.05) is 53.9 Å². The van der Waals surface area contributed by atoms with Crippen LogP contribution in [0.2, 0.25) is 0 Å². The molecule has 4 heterocycles. The van der Waals surface area contributed by atoms with Crippen LogP contribution >= 0.6 is 0 Å². The van der Waals surface area contributed by atoms with Gasteiger partial charge in [0.15, 0.2) is 0 Å². The lowest BCUT2D eigenvalue weighted by Gasteiger charge is -2.28. The zero-order chi connectivity index (χ0) is 21.2. The van der Waals surface area contributed by atoms with Crippen molar-refractivity contribution in [1.29, 1.82) is 0 Å². The number of methoxy groups -OCH3 is 1. The van der Waals surface area contributed by atoms with E-state index in [1.807, 2.05) is 42.6 Å². The Morgan fingerprint density at radius 3 is 2.77 bits per heavy atom. The van der Waals surface area contributed by atoms with E-state index in [-0.39, 0.29) is 11.6 Å². The Kier molecular flexibility index (Phi) is 5.08. The van der Waals surface area contributed by atoms with Crippen LogP contribution in [-0.2, 0) is 6.54 Å². The Morgan fingerprint density at radius 1 is 1.06 bits per heavy atom. The molecule has 0 bridgehead atoms. The average molecular weight is 413 g/mol. The molecule has 4 aromatic rings. The zero-order valence-corrected chi connectivity index (χ0v) is 17.3. The standard InChI is InChI=1S/C24H23N5O2/c1-31-19-4-5-22-20(15-19)23(10-13-26-22)28-14-2-3-18(28)16-29-24(30)7-6-21(27-29)17-8-11-25-12-9-17/h4-13,15,18H,2-3,14,16H2,1H3. The van der Waals surface area contributed by atoms with Gasteiger partial charge < -0.3 is 9.64 Å². The first kappa shape index (κ1) is 19.2. The Morgan fingerprint density at radius 2 is 1.94 bits per heavy atom. The number of nitrogens with zero attached hydrogens (tertiary/aromatic N) is 5. The summed E-state index contributed by atoms with van der Waals surface area (Å²) in [5.41, 5.74) is 3.67. The second-order valence-electron chi connectivity index (χ2n) is 7.68. The number of pyridine rings is 2. The highest BCUT2D eigenvalue weighted by molar-refractivity contribution is 5.92. The summed E-state index contributed by atoms with van der Waals surface area (Å²) in [5, 5.41) is 5.70. The van der Waals surface area contributed by atoms with Gasteiger partial charge in [-0.25, -0.2) is 4.68 Å². The van der Waals surface area contributed by atoms with Crippen LogP contribution in [0.4, 0.5) is 5.69 Å². The molecule has 0 radical (unpaired) electrons. The van der Waals surface area contributed by atoms with Crippen LogP contribution in [0.3, 0.4) is 0 Å². The maximum atomic E-state index is 12.6. The van der Waals surface area contributed by atoms with E-state index in [1.54, 1.807) is 36.3 Å². The molecule has 31 heavy (non-hydrogen) atoms. The molecule has 1 aliphatic heterocycles. The number of fused-ring (bicyclic) bond motifs is 1. The predicted octanol–water partition coefficient (Wildman–Crippen LogP) is 3.53. The second kappa shape index (κ2) is 8.18. The van der Waals surface area contributed by atoms with Crippen molar-refractivity contribution >= 4 is 16.6 Å². The van der Waals surface area contributed by atoms with Gasteiger partial charge in [0.1, 0.15) is 5.75 Å². The lowest BCUT2D eigenvalue weighted by atomic mass is 10.1. The van der Waals surface area contributed by atoms with Gasteiger partial charge in [0.05, 0.1) is 24.9 Å². The summed E-state index contributed by atoms with van der Waals surface area (Å²) in [4.78, 5) is 23.5. The lowest BCUT2D eigenvalue weighted by molar-refractivity contribution is 0.415. The van der Waals surface area contributed by atoms with Crippen molar-refractivity contribution < 1.29 is 4.74 Å². The highest BCUT2D eigenvalue weighted by atomic mass is 16.5. The topological polar surface area (TPSA) is 73.1 Å². The third-order valence-corrected chi connectivity index (χ3v) is 5.84. The molecule has 1 unspecified atom stereocenters. The van der Waals surface area contributed by atoms with Crippen LogP contribution < -0.4 is 15.2 Å². The largest absolute Gasteiger partial charge is 0.497 e. The molecule has 7 nitrogen and oxygen atoms in total. The molecule has 156 valence electrons. The predicted molar refractivity (Wildman–Crippen MR) is 120 cm³/mol. The molecule has 1 fully saturated rings. The van der Waals surface area contributed by atoms with Gasteiger partial charge in [0.2, 0.25) is 0 Å². The van der Waals surface area contributed by atoms with Gasteiger partial charge in [-0.1, -0.05) is 0 Å². The summed E-state index contributed by atoms with van der Waals surface area (Å²) in [5.74, 6) is 0.806.